The quantitative estimate of drug-likeness (QED) is 0.813. The van der Waals surface area contributed by atoms with E-state index in [1.807, 2.05) is 25.1 Å². The average Bonchev–Trinajstić information content (AvgIpc) is 2.37. The molecule has 0 fully saturated rings. The van der Waals surface area contributed by atoms with Crippen LogP contribution < -0.4 is 4.74 Å². The highest BCUT2D eigenvalue weighted by atomic mass is 16.5. The van der Waals surface area contributed by atoms with Gasteiger partial charge in [-0.2, -0.15) is 0 Å². The number of rotatable bonds is 6. The van der Waals surface area contributed by atoms with E-state index in [1.165, 1.54) is 0 Å². The third-order valence-corrected chi connectivity index (χ3v) is 2.85. The first-order valence-electron chi connectivity index (χ1n) is 6.91. The van der Waals surface area contributed by atoms with Crippen LogP contribution in [0.5, 0.6) is 5.75 Å². The maximum atomic E-state index is 11.6. The second-order valence-electron chi connectivity index (χ2n) is 5.63. The highest BCUT2D eigenvalue weighted by Gasteiger charge is 2.20. The third kappa shape index (κ3) is 4.85. The average molecular weight is 280 g/mol. The summed E-state index contributed by atoms with van der Waals surface area (Å²) >= 11 is 0. The van der Waals surface area contributed by atoms with Crippen LogP contribution in [0.1, 0.15) is 38.8 Å². The van der Waals surface area contributed by atoms with Gasteiger partial charge in [0.1, 0.15) is 12.4 Å². The van der Waals surface area contributed by atoms with E-state index in [4.69, 9.17) is 14.6 Å². The Morgan fingerprint density at radius 3 is 2.55 bits per heavy atom. The molecule has 1 N–H and O–H groups in total. The lowest BCUT2D eigenvalue weighted by Gasteiger charge is -2.23. The number of carbonyl (C=O) groups is 1. The number of benzene rings is 1. The van der Waals surface area contributed by atoms with Gasteiger partial charge in [0.25, 0.3) is 0 Å². The fourth-order valence-corrected chi connectivity index (χ4v) is 1.93. The van der Waals surface area contributed by atoms with Crippen molar-refractivity contribution < 1.29 is 19.4 Å². The Kier molecular flexibility index (Phi) is 6.02. The predicted octanol–water partition coefficient (Wildman–Crippen LogP) is 2.46. The summed E-state index contributed by atoms with van der Waals surface area (Å²) in [6.07, 6.45) is 0.204. The molecule has 1 aromatic rings. The topological polar surface area (TPSA) is 55.8 Å². The van der Waals surface area contributed by atoms with Crippen LogP contribution in [0.25, 0.3) is 0 Å². The first-order valence-corrected chi connectivity index (χ1v) is 6.91. The molecule has 0 aliphatic carbocycles. The Balaban J connectivity index is 2.92. The predicted molar refractivity (Wildman–Crippen MR) is 78.1 cm³/mol. The SMILES string of the molecule is CCOc1ccc(CC(=O)OCCO)cc1C(C)(C)C. The number of aliphatic hydroxyl groups excluding tert-OH is 1. The highest BCUT2D eigenvalue weighted by molar-refractivity contribution is 5.72. The smallest absolute Gasteiger partial charge is 0.310 e. The van der Waals surface area contributed by atoms with E-state index < -0.39 is 0 Å². The van der Waals surface area contributed by atoms with Crippen molar-refractivity contribution in [2.24, 2.45) is 0 Å². The first kappa shape index (κ1) is 16.5. The van der Waals surface area contributed by atoms with Crippen molar-refractivity contribution >= 4 is 5.97 Å². The maximum Gasteiger partial charge on any atom is 0.310 e. The molecule has 0 aliphatic heterocycles. The number of esters is 1. The Hall–Kier alpha value is -1.55. The summed E-state index contributed by atoms with van der Waals surface area (Å²) in [5.41, 5.74) is 1.91. The lowest BCUT2D eigenvalue weighted by molar-refractivity contribution is -0.143. The van der Waals surface area contributed by atoms with Crippen molar-refractivity contribution in [2.75, 3.05) is 19.8 Å². The zero-order chi connectivity index (χ0) is 15.2. The Bertz CT molecular complexity index is 446. The van der Waals surface area contributed by atoms with Crippen LogP contribution in [0, 0.1) is 0 Å². The Morgan fingerprint density at radius 2 is 2.00 bits per heavy atom. The van der Waals surface area contributed by atoms with Gasteiger partial charge in [0.2, 0.25) is 0 Å². The zero-order valence-electron chi connectivity index (χ0n) is 12.7. The molecule has 0 heterocycles. The second-order valence-corrected chi connectivity index (χ2v) is 5.63. The molecule has 0 aliphatic rings. The van der Waals surface area contributed by atoms with E-state index in [0.717, 1.165) is 16.9 Å². The lowest BCUT2D eigenvalue weighted by atomic mass is 9.85. The fraction of sp³-hybridized carbons (Fsp3) is 0.562. The standard InChI is InChI=1S/C16H24O4/c1-5-19-14-7-6-12(10-13(14)16(2,3)4)11-15(18)20-9-8-17/h6-7,10,17H,5,8-9,11H2,1-4H3. The summed E-state index contributed by atoms with van der Waals surface area (Å²) in [6, 6.07) is 5.77. The first-order chi connectivity index (χ1) is 9.38. The van der Waals surface area contributed by atoms with E-state index in [0.29, 0.717) is 6.61 Å². The largest absolute Gasteiger partial charge is 0.494 e. The molecule has 0 bridgehead atoms. The number of hydrogen-bond acceptors (Lipinski definition) is 4. The molecule has 1 rings (SSSR count). The van der Waals surface area contributed by atoms with Crippen molar-refractivity contribution in [3.05, 3.63) is 29.3 Å². The molecular formula is C16H24O4. The summed E-state index contributed by atoms with van der Waals surface area (Å²) < 4.78 is 10.5. The zero-order valence-corrected chi connectivity index (χ0v) is 12.7. The van der Waals surface area contributed by atoms with Crippen LogP contribution in [0.2, 0.25) is 0 Å². The minimum Gasteiger partial charge on any atom is -0.494 e. The Labute approximate surface area is 120 Å². The molecule has 0 atom stereocenters. The molecule has 4 nitrogen and oxygen atoms in total. The van der Waals surface area contributed by atoms with Gasteiger partial charge in [-0.15, -0.1) is 0 Å². The molecule has 0 spiro atoms. The molecule has 0 radical (unpaired) electrons. The molecule has 112 valence electrons. The molecule has 4 heteroatoms. The van der Waals surface area contributed by atoms with E-state index >= 15 is 0 Å². The lowest BCUT2D eigenvalue weighted by Crippen LogP contribution is -2.15. The Morgan fingerprint density at radius 1 is 1.30 bits per heavy atom. The summed E-state index contributed by atoms with van der Waals surface area (Å²) in [5.74, 6) is 0.524. The van der Waals surface area contributed by atoms with Gasteiger partial charge in [0.15, 0.2) is 0 Å². The van der Waals surface area contributed by atoms with E-state index in [-0.39, 0.29) is 31.0 Å². The van der Waals surface area contributed by atoms with Gasteiger partial charge in [0.05, 0.1) is 19.6 Å². The van der Waals surface area contributed by atoms with Crippen LogP contribution in [0.4, 0.5) is 0 Å². The van der Waals surface area contributed by atoms with Gasteiger partial charge in [-0.3, -0.25) is 4.79 Å². The molecule has 0 saturated carbocycles. The van der Waals surface area contributed by atoms with Gasteiger partial charge in [-0.1, -0.05) is 32.9 Å². The summed E-state index contributed by atoms with van der Waals surface area (Å²) in [7, 11) is 0. The number of hydrogen-bond donors (Lipinski definition) is 1. The third-order valence-electron chi connectivity index (χ3n) is 2.85. The summed E-state index contributed by atoms with van der Waals surface area (Å²) in [4.78, 5) is 11.6. The van der Waals surface area contributed by atoms with Gasteiger partial charge in [-0.25, -0.2) is 0 Å². The van der Waals surface area contributed by atoms with Crippen molar-refractivity contribution in [2.45, 2.75) is 39.5 Å². The van der Waals surface area contributed by atoms with Crippen molar-refractivity contribution in [1.82, 2.24) is 0 Å². The van der Waals surface area contributed by atoms with Gasteiger partial charge < -0.3 is 14.6 Å². The molecular weight excluding hydrogens is 256 g/mol. The minimum absolute atomic E-state index is 0.0436. The molecule has 1 aromatic carbocycles. The van der Waals surface area contributed by atoms with E-state index in [9.17, 15) is 4.79 Å². The van der Waals surface area contributed by atoms with E-state index in [1.54, 1.807) is 0 Å². The number of ether oxygens (including phenoxy) is 2. The van der Waals surface area contributed by atoms with Gasteiger partial charge in [-0.05, 0) is 29.5 Å². The number of carbonyl (C=O) groups excluding carboxylic acids is 1. The molecule has 0 saturated heterocycles. The normalized spacial score (nSPS) is 11.2. The fourth-order valence-electron chi connectivity index (χ4n) is 1.93. The number of aliphatic hydroxyl groups is 1. The summed E-state index contributed by atoms with van der Waals surface area (Å²) in [6.45, 7) is 8.79. The molecule has 0 unspecified atom stereocenters. The second kappa shape index (κ2) is 7.29. The van der Waals surface area contributed by atoms with Crippen LogP contribution in [0.3, 0.4) is 0 Å². The van der Waals surface area contributed by atoms with Gasteiger partial charge >= 0.3 is 5.97 Å². The van der Waals surface area contributed by atoms with Crippen molar-refractivity contribution in [3.8, 4) is 5.75 Å². The minimum atomic E-state index is -0.330. The molecule has 0 aromatic heterocycles. The monoisotopic (exact) mass is 280 g/mol. The highest BCUT2D eigenvalue weighted by Crippen LogP contribution is 2.32. The molecule has 0 amide bonds. The maximum absolute atomic E-state index is 11.6. The molecule has 20 heavy (non-hydrogen) atoms. The van der Waals surface area contributed by atoms with Crippen molar-refractivity contribution in [3.63, 3.8) is 0 Å². The van der Waals surface area contributed by atoms with Crippen LogP contribution in [-0.2, 0) is 21.4 Å². The van der Waals surface area contributed by atoms with Crippen LogP contribution in [-0.4, -0.2) is 30.9 Å². The van der Waals surface area contributed by atoms with E-state index in [2.05, 4.69) is 20.8 Å². The van der Waals surface area contributed by atoms with Crippen molar-refractivity contribution in [1.29, 1.82) is 0 Å². The van der Waals surface area contributed by atoms with Crippen LogP contribution in [0.15, 0.2) is 18.2 Å². The summed E-state index contributed by atoms with van der Waals surface area (Å²) in [5, 5.41) is 8.63. The van der Waals surface area contributed by atoms with Crippen LogP contribution >= 0.6 is 0 Å². The van der Waals surface area contributed by atoms with Gasteiger partial charge in [0, 0.05) is 0 Å².